The summed E-state index contributed by atoms with van der Waals surface area (Å²) in [7, 11) is 3.96. The summed E-state index contributed by atoms with van der Waals surface area (Å²) in [4.78, 5) is 44.2. The molecule has 1 fully saturated rings. The molecule has 22 heteroatoms. The minimum Gasteiger partial charge on any atom is -0.475 e. The standard InChI is InChI=1S/C29H30ClF3N6O2.2C2HF3O2/c1-38-12-9-21(10-13-38)39(2)28(40)18-8-11-34-26-23(14-18)27(36-17-35-26)37-20-6-7-25(24(30)16-20)41-22-5-3-4-19(15-22)29(31,32)33;2*3-2(4,5)1(6)7/h3-7,14-17,21H,8-13H2,1-2H3,(H2,34,35,36,37);2*(H,6,7). The Balaban J connectivity index is 0.000000494. The van der Waals surface area contributed by atoms with Gasteiger partial charge in [-0.2, -0.15) is 39.5 Å². The molecule has 5 rings (SSSR count). The number of hydrogen-bond acceptors (Lipinski definition) is 9. The number of hydrogen-bond donors (Lipinski definition) is 4. The summed E-state index contributed by atoms with van der Waals surface area (Å²) >= 11 is 6.43. The SMILES string of the molecule is CN1CCC(N(C)C(=O)C2=Cc3c(ncnc3Nc3ccc(Oc4cccc(C(F)(F)F)c4)c(Cl)c3)NCC2)CC1.O=C(O)C(F)(F)F.O=C(O)C(F)(F)F. The molecule has 2 aliphatic heterocycles. The molecule has 1 amide bonds. The van der Waals surface area contributed by atoms with Crippen LogP contribution >= 0.6 is 11.6 Å². The fourth-order valence-electron chi connectivity index (χ4n) is 4.94. The Morgan fingerprint density at radius 2 is 1.55 bits per heavy atom. The number of benzene rings is 2. The first kappa shape index (κ1) is 44.1. The van der Waals surface area contributed by atoms with Crippen molar-refractivity contribution < 1.29 is 68.8 Å². The van der Waals surface area contributed by atoms with E-state index in [1.165, 1.54) is 18.5 Å². The number of ether oxygens (including phenoxy) is 1. The van der Waals surface area contributed by atoms with Gasteiger partial charge < -0.3 is 35.4 Å². The first-order valence-corrected chi connectivity index (χ1v) is 16.1. The Morgan fingerprint density at radius 3 is 2.09 bits per heavy atom. The summed E-state index contributed by atoms with van der Waals surface area (Å²) in [6, 6.07) is 9.61. The number of aromatic nitrogens is 2. The molecule has 2 aliphatic rings. The Labute approximate surface area is 311 Å². The van der Waals surface area contributed by atoms with Gasteiger partial charge >= 0.3 is 30.5 Å². The molecule has 0 spiro atoms. The number of piperidine rings is 1. The Morgan fingerprint density at radius 1 is 0.945 bits per heavy atom. The molecule has 0 saturated carbocycles. The monoisotopic (exact) mass is 814 g/mol. The van der Waals surface area contributed by atoms with Gasteiger partial charge in [-0.05, 0) is 81.9 Å². The summed E-state index contributed by atoms with van der Waals surface area (Å²) in [5.41, 5.74) is 1.07. The van der Waals surface area contributed by atoms with Crippen molar-refractivity contribution in [3.05, 3.63) is 70.5 Å². The van der Waals surface area contributed by atoms with Crippen LogP contribution in [0.4, 0.5) is 56.8 Å². The first-order valence-electron chi connectivity index (χ1n) is 15.7. The number of amides is 1. The van der Waals surface area contributed by atoms with Crippen molar-refractivity contribution in [2.45, 2.75) is 43.8 Å². The Bertz CT molecular complexity index is 1840. The predicted octanol–water partition coefficient (Wildman–Crippen LogP) is 7.70. The van der Waals surface area contributed by atoms with Gasteiger partial charge in [0, 0.05) is 30.9 Å². The third-order valence-electron chi connectivity index (χ3n) is 7.79. The average Bonchev–Trinajstić information content (AvgIpc) is 3.32. The average molecular weight is 815 g/mol. The van der Waals surface area contributed by atoms with Crippen LogP contribution < -0.4 is 15.4 Å². The molecule has 1 aromatic heterocycles. The highest BCUT2D eigenvalue weighted by Crippen LogP contribution is 2.37. The van der Waals surface area contributed by atoms with E-state index in [1.807, 2.05) is 18.0 Å². The number of carbonyl (C=O) groups excluding carboxylic acids is 1. The molecular weight excluding hydrogens is 783 g/mol. The number of likely N-dealkylation sites (tertiary alicyclic amines) is 1. The van der Waals surface area contributed by atoms with Gasteiger partial charge in [-0.25, -0.2) is 19.6 Å². The van der Waals surface area contributed by atoms with Crippen molar-refractivity contribution in [3.8, 4) is 11.5 Å². The van der Waals surface area contributed by atoms with Crippen molar-refractivity contribution in [1.82, 2.24) is 19.8 Å². The largest absolute Gasteiger partial charge is 0.490 e. The summed E-state index contributed by atoms with van der Waals surface area (Å²) < 4.78 is 108. The lowest BCUT2D eigenvalue weighted by Crippen LogP contribution is -2.45. The van der Waals surface area contributed by atoms with E-state index in [-0.39, 0.29) is 28.5 Å². The van der Waals surface area contributed by atoms with E-state index in [1.54, 1.807) is 18.2 Å². The zero-order valence-corrected chi connectivity index (χ0v) is 29.4. The smallest absolute Gasteiger partial charge is 0.475 e. The molecule has 0 bridgehead atoms. The Hall–Kier alpha value is -5.31. The molecule has 3 aromatic rings. The second kappa shape index (κ2) is 18.3. The summed E-state index contributed by atoms with van der Waals surface area (Å²) in [6.07, 6.45) is -8.98. The van der Waals surface area contributed by atoms with Crippen LogP contribution in [0.2, 0.25) is 5.02 Å². The molecule has 12 nitrogen and oxygen atoms in total. The topological polar surface area (TPSA) is 157 Å². The number of carboxylic acids is 2. The highest BCUT2D eigenvalue weighted by atomic mass is 35.5. The van der Waals surface area contributed by atoms with Crippen molar-refractivity contribution >= 4 is 52.8 Å². The van der Waals surface area contributed by atoms with E-state index < -0.39 is 36.0 Å². The van der Waals surface area contributed by atoms with Gasteiger partial charge in [0.05, 0.1) is 16.1 Å². The van der Waals surface area contributed by atoms with Crippen LogP contribution in [0.5, 0.6) is 11.5 Å². The van der Waals surface area contributed by atoms with E-state index in [0.717, 1.165) is 38.1 Å². The number of nitrogens with zero attached hydrogens (tertiary/aromatic N) is 4. The second-order valence-corrected chi connectivity index (χ2v) is 12.2. The zero-order chi connectivity index (χ0) is 41.3. The second-order valence-electron chi connectivity index (χ2n) is 11.8. The fourth-order valence-corrected chi connectivity index (χ4v) is 5.16. The number of anilines is 3. The number of fused-ring (bicyclic) bond motifs is 1. The van der Waals surface area contributed by atoms with Crippen LogP contribution in [-0.4, -0.2) is 100.0 Å². The van der Waals surface area contributed by atoms with E-state index in [0.29, 0.717) is 41.4 Å². The van der Waals surface area contributed by atoms with Crippen LogP contribution in [-0.2, 0) is 20.6 Å². The number of carboxylic acid groups (broad SMARTS) is 2. The van der Waals surface area contributed by atoms with Crippen LogP contribution in [0.25, 0.3) is 6.08 Å². The molecule has 300 valence electrons. The molecular formula is C33H32ClF9N6O6. The number of aliphatic carboxylic acids is 2. The zero-order valence-electron chi connectivity index (χ0n) is 28.6. The van der Waals surface area contributed by atoms with Crippen molar-refractivity contribution in [2.24, 2.45) is 0 Å². The van der Waals surface area contributed by atoms with Crippen LogP contribution in [0, 0.1) is 0 Å². The maximum absolute atomic E-state index is 13.5. The van der Waals surface area contributed by atoms with Gasteiger partial charge in [0.15, 0.2) is 0 Å². The maximum Gasteiger partial charge on any atom is 0.490 e. The number of carbonyl (C=O) groups is 3. The lowest BCUT2D eigenvalue weighted by atomic mass is 10.0. The molecule has 0 atom stereocenters. The van der Waals surface area contributed by atoms with Gasteiger partial charge in [-0.1, -0.05) is 17.7 Å². The van der Waals surface area contributed by atoms with Crippen molar-refractivity contribution in [2.75, 3.05) is 44.4 Å². The third kappa shape index (κ3) is 13.2. The van der Waals surface area contributed by atoms with Gasteiger partial charge in [0.25, 0.3) is 0 Å². The van der Waals surface area contributed by atoms with E-state index in [4.69, 9.17) is 36.1 Å². The molecule has 0 unspecified atom stereocenters. The van der Waals surface area contributed by atoms with Crippen LogP contribution in [0.1, 0.15) is 30.4 Å². The van der Waals surface area contributed by atoms with Crippen molar-refractivity contribution in [1.29, 1.82) is 0 Å². The number of likely N-dealkylation sites (N-methyl/N-ethyl adjacent to an activating group) is 1. The summed E-state index contributed by atoms with van der Waals surface area (Å²) in [5.74, 6) is -4.24. The molecule has 3 heterocycles. The predicted molar refractivity (Wildman–Crippen MR) is 180 cm³/mol. The summed E-state index contributed by atoms with van der Waals surface area (Å²) in [5, 5.41) is 20.9. The Kier molecular flexibility index (Phi) is 14.7. The lowest BCUT2D eigenvalue weighted by Gasteiger charge is -2.35. The van der Waals surface area contributed by atoms with E-state index in [2.05, 4.69) is 32.5 Å². The first-order chi connectivity index (χ1) is 25.5. The molecule has 0 radical (unpaired) electrons. The molecule has 4 N–H and O–H groups in total. The molecule has 2 aromatic carbocycles. The van der Waals surface area contributed by atoms with E-state index in [9.17, 15) is 44.3 Å². The highest BCUT2D eigenvalue weighted by Gasteiger charge is 2.39. The van der Waals surface area contributed by atoms with Crippen LogP contribution in [0.15, 0.2) is 54.4 Å². The van der Waals surface area contributed by atoms with Crippen molar-refractivity contribution in [3.63, 3.8) is 0 Å². The number of rotatable bonds is 6. The third-order valence-corrected chi connectivity index (χ3v) is 8.08. The van der Waals surface area contributed by atoms with Crippen LogP contribution in [0.3, 0.4) is 0 Å². The van der Waals surface area contributed by atoms with Gasteiger partial charge in [-0.3, -0.25) is 4.79 Å². The molecule has 1 saturated heterocycles. The highest BCUT2D eigenvalue weighted by molar-refractivity contribution is 6.32. The number of halogens is 10. The normalized spacial score (nSPS) is 14.9. The molecule has 55 heavy (non-hydrogen) atoms. The molecule has 0 aliphatic carbocycles. The fraction of sp³-hybridized carbons (Fsp3) is 0.364. The minimum absolute atomic E-state index is 0.0110. The quantitative estimate of drug-likeness (QED) is 0.181. The lowest BCUT2D eigenvalue weighted by molar-refractivity contribution is -0.193. The van der Waals surface area contributed by atoms with Gasteiger partial charge in [0.1, 0.15) is 29.5 Å². The summed E-state index contributed by atoms with van der Waals surface area (Å²) in [6.45, 7) is 2.47. The van der Waals surface area contributed by atoms with Gasteiger partial charge in [-0.15, -0.1) is 0 Å². The minimum atomic E-state index is -5.08. The maximum atomic E-state index is 13.5. The number of alkyl halides is 9. The number of nitrogens with one attached hydrogen (secondary N) is 2. The van der Waals surface area contributed by atoms with Gasteiger partial charge in [0.2, 0.25) is 5.91 Å². The van der Waals surface area contributed by atoms with E-state index >= 15 is 0 Å².